The van der Waals surface area contributed by atoms with Crippen LogP contribution in [-0.2, 0) is 6.42 Å². The Morgan fingerprint density at radius 2 is 2.05 bits per heavy atom. The van der Waals surface area contributed by atoms with Crippen LogP contribution >= 0.6 is 0 Å². The van der Waals surface area contributed by atoms with E-state index in [-0.39, 0.29) is 46.5 Å². The van der Waals surface area contributed by atoms with Gasteiger partial charge in [-0.3, -0.25) is 4.79 Å². The van der Waals surface area contributed by atoms with Crippen LogP contribution in [0.4, 0.5) is 0 Å². The predicted octanol–water partition coefficient (Wildman–Crippen LogP) is 1.99. The van der Waals surface area contributed by atoms with Crippen molar-refractivity contribution in [2.45, 2.75) is 20.3 Å². The number of aromatic hydroxyl groups is 2. The van der Waals surface area contributed by atoms with Crippen LogP contribution in [0.25, 0.3) is 11.0 Å². The number of allylic oxidation sites excluding steroid dienone is 1. The summed E-state index contributed by atoms with van der Waals surface area (Å²) in [6, 6.07) is 2.61. The van der Waals surface area contributed by atoms with Crippen LogP contribution in [0, 0.1) is 6.92 Å². The van der Waals surface area contributed by atoms with Crippen molar-refractivity contribution in [3.8, 4) is 11.5 Å². The largest absolute Gasteiger partial charge is 0.507 e. The molecule has 1 heterocycles. The Balaban J connectivity index is 2.66. The third-order valence-electron chi connectivity index (χ3n) is 3.10. The quantitative estimate of drug-likeness (QED) is 0.746. The highest BCUT2D eigenvalue weighted by molar-refractivity contribution is 5.86. The minimum absolute atomic E-state index is 0.0541. The molecule has 0 spiro atoms. The van der Waals surface area contributed by atoms with E-state index in [1.165, 1.54) is 12.1 Å². The number of benzene rings is 1. The number of fused-ring (bicyclic) bond motifs is 1. The number of phenols is 2. The lowest BCUT2D eigenvalue weighted by Gasteiger charge is -2.09. The van der Waals surface area contributed by atoms with Crippen molar-refractivity contribution < 1.29 is 19.7 Å². The van der Waals surface area contributed by atoms with Crippen molar-refractivity contribution >= 4 is 11.0 Å². The van der Waals surface area contributed by atoms with E-state index in [4.69, 9.17) is 9.52 Å². The predicted molar refractivity (Wildman–Crippen MR) is 75.1 cm³/mol. The van der Waals surface area contributed by atoms with E-state index in [9.17, 15) is 15.0 Å². The average molecular weight is 276 g/mol. The maximum atomic E-state index is 11.9. The fourth-order valence-electron chi connectivity index (χ4n) is 1.99. The molecule has 106 valence electrons. The SMILES string of the molecule is C/C(=C/Cc1c(O)cc2oc(C)cc(=O)c2c1O)CO. The second-order valence-electron chi connectivity index (χ2n) is 4.73. The van der Waals surface area contributed by atoms with Crippen molar-refractivity contribution in [3.05, 3.63) is 45.3 Å². The zero-order chi connectivity index (χ0) is 14.9. The molecule has 5 heteroatoms. The zero-order valence-electron chi connectivity index (χ0n) is 11.3. The fourth-order valence-corrected chi connectivity index (χ4v) is 1.99. The minimum Gasteiger partial charge on any atom is -0.507 e. The molecule has 0 amide bonds. The normalized spacial score (nSPS) is 12.1. The van der Waals surface area contributed by atoms with Crippen LogP contribution in [0.1, 0.15) is 18.2 Å². The number of hydrogen-bond acceptors (Lipinski definition) is 5. The summed E-state index contributed by atoms with van der Waals surface area (Å²) in [5.74, 6) is -0.0217. The van der Waals surface area contributed by atoms with Gasteiger partial charge >= 0.3 is 0 Å². The molecule has 0 aliphatic heterocycles. The molecule has 0 aliphatic carbocycles. The number of aliphatic hydroxyl groups excluding tert-OH is 1. The lowest BCUT2D eigenvalue weighted by Crippen LogP contribution is -2.02. The van der Waals surface area contributed by atoms with Gasteiger partial charge in [0.05, 0.1) is 6.61 Å². The minimum atomic E-state index is -0.356. The summed E-state index contributed by atoms with van der Waals surface area (Å²) in [5, 5.41) is 29.1. The Kier molecular flexibility index (Phi) is 3.81. The summed E-state index contributed by atoms with van der Waals surface area (Å²) < 4.78 is 5.33. The highest BCUT2D eigenvalue weighted by Gasteiger charge is 2.16. The third kappa shape index (κ3) is 2.53. The molecular weight excluding hydrogens is 260 g/mol. The molecule has 0 radical (unpaired) electrons. The molecule has 1 aromatic heterocycles. The first-order valence-corrected chi connectivity index (χ1v) is 6.18. The molecule has 0 atom stereocenters. The van der Waals surface area contributed by atoms with Gasteiger partial charge < -0.3 is 19.7 Å². The van der Waals surface area contributed by atoms with Gasteiger partial charge in [-0.15, -0.1) is 0 Å². The summed E-state index contributed by atoms with van der Waals surface area (Å²) in [7, 11) is 0. The summed E-state index contributed by atoms with van der Waals surface area (Å²) in [5.41, 5.74) is 0.739. The number of rotatable bonds is 3. The van der Waals surface area contributed by atoms with Crippen LogP contribution in [0.3, 0.4) is 0 Å². The van der Waals surface area contributed by atoms with E-state index in [1.54, 1.807) is 19.9 Å². The van der Waals surface area contributed by atoms with Gasteiger partial charge in [0.2, 0.25) is 0 Å². The molecule has 0 aliphatic rings. The van der Waals surface area contributed by atoms with Gasteiger partial charge in [0.15, 0.2) is 5.43 Å². The summed E-state index contributed by atoms with van der Waals surface area (Å²) in [6.07, 6.45) is 1.89. The van der Waals surface area contributed by atoms with Gasteiger partial charge in [0.1, 0.15) is 28.2 Å². The van der Waals surface area contributed by atoms with Crippen LogP contribution in [0.5, 0.6) is 11.5 Å². The van der Waals surface area contributed by atoms with Gasteiger partial charge in [-0.05, 0) is 20.3 Å². The van der Waals surface area contributed by atoms with Crippen molar-refractivity contribution in [2.75, 3.05) is 6.61 Å². The third-order valence-corrected chi connectivity index (χ3v) is 3.10. The van der Waals surface area contributed by atoms with Gasteiger partial charge in [-0.1, -0.05) is 11.6 Å². The first kappa shape index (κ1) is 14.1. The second kappa shape index (κ2) is 5.38. The van der Waals surface area contributed by atoms with E-state index in [0.29, 0.717) is 11.3 Å². The van der Waals surface area contributed by atoms with E-state index < -0.39 is 0 Å². The van der Waals surface area contributed by atoms with Gasteiger partial charge in [-0.25, -0.2) is 0 Å². The molecule has 0 fully saturated rings. The number of aryl methyl sites for hydroxylation is 1. The zero-order valence-corrected chi connectivity index (χ0v) is 11.3. The average Bonchev–Trinajstić information content (AvgIpc) is 2.36. The molecule has 2 aromatic rings. The molecule has 0 saturated heterocycles. The highest BCUT2D eigenvalue weighted by Crippen LogP contribution is 2.34. The summed E-state index contributed by atoms with van der Waals surface area (Å²) >= 11 is 0. The molecule has 1 aromatic carbocycles. The maximum absolute atomic E-state index is 11.9. The Labute approximate surface area is 115 Å². The Morgan fingerprint density at radius 3 is 2.70 bits per heavy atom. The number of phenolic OH excluding ortho intramolecular Hbond substituents is 2. The molecule has 20 heavy (non-hydrogen) atoms. The first-order valence-electron chi connectivity index (χ1n) is 6.18. The van der Waals surface area contributed by atoms with Crippen molar-refractivity contribution in [1.29, 1.82) is 0 Å². The first-order chi connectivity index (χ1) is 9.43. The fraction of sp³-hybridized carbons (Fsp3) is 0.267. The van der Waals surface area contributed by atoms with Crippen LogP contribution < -0.4 is 5.43 Å². The number of hydrogen-bond donors (Lipinski definition) is 3. The van der Waals surface area contributed by atoms with E-state index in [0.717, 1.165) is 0 Å². The molecule has 0 unspecified atom stereocenters. The molecule has 0 bridgehead atoms. The van der Waals surface area contributed by atoms with E-state index in [1.807, 2.05) is 0 Å². The van der Waals surface area contributed by atoms with Crippen LogP contribution in [-0.4, -0.2) is 21.9 Å². The van der Waals surface area contributed by atoms with Crippen molar-refractivity contribution in [3.63, 3.8) is 0 Å². The van der Waals surface area contributed by atoms with Gasteiger partial charge in [-0.2, -0.15) is 0 Å². The second-order valence-corrected chi connectivity index (χ2v) is 4.73. The van der Waals surface area contributed by atoms with Gasteiger partial charge in [0.25, 0.3) is 0 Å². The summed E-state index contributed by atoms with van der Waals surface area (Å²) in [4.78, 5) is 11.9. The summed E-state index contributed by atoms with van der Waals surface area (Å²) in [6.45, 7) is 3.25. The van der Waals surface area contributed by atoms with Gasteiger partial charge in [0, 0.05) is 17.7 Å². The topological polar surface area (TPSA) is 90.9 Å². The monoisotopic (exact) mass is 276 g/mol. The lowest BCUT2D eigenvalue weighted by molar-refractivity contribution is 0.331. The number of aliphatic hydroxyl groups is 1. The Morgan fingerprint density at radius 1 is 1.35 bits per heavy atom. The molecule has 0 saturated carbocycles. The van der Waals surface area contributed by atoms with Crippen LogP contribution in [0.15, 0.2) is 33.0 Å². The van der Waals surface area contributed by atoms with Crippen molar-refractivity contribution in [2.24, 2.45) is 0 Å². The van der Waals surface area contributed by atoms with E-state index in [2.05, 4.69) is 0 Å². The Hall–Kier alpha value is -2.27. The van der Waals surface area contributed by atoms with Crippen molar-refractivity contribution in [1.82, 2.24) is 0 Å². The molecule has 2 rings (SSSR count). The Bertz CT molecular complexity index is 740. The molecule has 3 N–H and O–H groups in total. The highest BCUT2D eigenvalue weighted by atomic mass is 16.3. The maximum Gasteiger partial charge on any atom is 0.196 e. The molecule has 5 nitrogen and oxygen atoms in total. The standard InChI is InChI=1S/C15H16O5/c1-8(7-16)3-4-10-11(17)6-13-14(15(10)19)12(18)5-9(2)20-13/h3,5-6,16-17,19H,4,7H2,1-2H3/b8-3-. The smallest absolute Gasteiger partial charge is 0.196 e. The lowest BCUT2D eigenvalue weighted by atomic mass is 10.0. The van der Waals surface area contributed by atoms with E-state index >= 15 is 0 Å². The van der Waals surface area contributed by atoms with Crippen LogP contribution in [0.2, 0.25) is 0 Å². The molecular formula is C15H16O5.